The van der Waals surface area contributed by atoms with E-state index in [1.165, 1.54) is 26.1 Å². The quantitative estimate of drug-likeness (QED) is 0.394. The van der Waals surface area contributed by atoms with Crippen LogP contribution >= 0.6 is 0 Å². The van der Waals surface area contributed by atoms with Crippen LogP contribution in [0.4, 0.5) is 0 Å². The van der Waals surface area contributed by atoms with Gasteiger partial charge in [-0.15, -0.1) is 0 Å². The van der Waals surface area contributed by atoms with Crippen molar-refractivity contribution in [1.29, 1.82) is 0 Å². The molecule has 248 valence electrons. The highest BCUT2D eigenvalue weighted by Gasteiger charge is 2.65. The number of ketones is 1. The zero-order valence-corrected chi connectivity index (χ0v) is 28.1. The molecule has 3 aliphatic heterocycles. The van der Waals surface area contributed by atoms with Crippen molar-refractivity contribution in [3.8, 4) is 17.0 Å². The summed E-state index contributed by atoms with van der Waals surface area (Å²) in [5, 5.41) is 1.05. The van der Waals surface area contributed by atoms with Gasteiger partial charge in [0, 0.05) is 73.5 Å². The fourth-order valence-electron chi connectivity index (χ4n) is 9.25. The van der Waals surface area contributed by atoms with E-state index in [2.05, 4.69) is 26.3 Å². The van der Waals surface area contributed by atoms with Crippen LogP contribution in [0.5, 0.6) is 5.75 Å². The minimum atomic E-state index is -3.98. The molecule has 0 radical (unpaired) electrons. The molecule has 10 nitrogen and oxygen atoms in total. The number of fused-ring (bicyclic) bond motifs is 9. The Morgan fingerprint density at radius 1 is 0.979 bits per heavy atom. The third-order valence-electron chi connectivity index (χ3n) is 11.7. The number of aromatic nitrogens is 1. The van der Waals surface area contributed by atoms with Gasteiger partial charge in [0.2, 0.25) is 5.91 Å². The van der Waals surface area contributed by atoms with Gasteiger partial charge in [0.15, 0.2) is 0 Å². The maximum atomic E-state index is 14.9. The lowest BCUT2D eigenvalue weighted by molar-refractivity contribution is -0.144. The second-order valence-corrected chi connectivity index (χ2v) is 16.4. The Labute approximate surface area is 275 Å². The smallest absolute Gasteiger partial charge is 0.303 e. The fraction of sp³-hybridized carbons (Fsp3) is 0.528. The summed E-state index contributed by atoms with van der Waals surface area (Å²) >= 11 is 0. The predicted molar refractivity (Wildman–Crippen MR) is 178 cm³/mol. The van der Waals surface area contributed by atoms with Gasteiger partial charge in [0.1, 0.15) is 11.5 Å². The summed E-state index contributed by atoms with van der Waals surface area (Å²) < 4.78 is 36.3. The van der Waals surface area contributed by atoms with Crippen molar-refractivity contribution >= 4 is 38.7 Å². The predicted octanol–water partition coefficient (Wildman–Crippen LogP) is 5.11. The normalized spacial score (nSPS) is 26.9. The molecule has 4 unspecified atom stereocenters. The van der Waals surface area contributed by atoms with Gasteiger partial charge in [0.25, 0.3) is 5.91 Å². The van der Waals surface area contributed by atoms with Gasteiger partial charge in [-0.05, 0) is 79.5 Å². The Hall–Kier alpha value is -3.70. The lowest BCUT2D eigenvalue weighted by Gasteiger charge is -2.37. The summed E-state index contributed by atoms with van der Waals surface area (Å²) in [6.07, 6.45) is 8.96. The van der Waals surface area contributed by atoms with Gasteiger partial charge in [-0.2, -0.15) is 12.7 Å². The first kappa shape index (κ1) is 30.6. The highest BCUT2D eigenvalue weighted by molar-refractivity contribution is 7.87. The topological polar surface area (TPSA) is 118 Å². The zero-order valence-electron chi connectivity index (χ0n) is 27.3. The number of nitrogens with zero attached hydrogens (tertiary/aromatic N) is 3. The largest absolute Gasteiger partial charge is 0.497 e. The Balaban J connectivity index is 1.33. The monoisotopic (exact) mass is 658 g/mol. The van der Waals surface area contributed by atoms with E-state index in [4.69, 9.17) is 4.74 Å². The SMILES string of the molecule is COc1ccc2c(c1)C1CC1(C(=O)N1C3CCC1CC(=O)C3)Cn1c-2c(C2CCCCC2)c2ccc(C(=O)NS(=O)(=O)N(C)C)cc21. The number of carbonyl (C=O) groups is 3. The summed E-state index contributed by atoms with van der Waals surface area (Å²) in [6.45, 7) is 0.455. The summed E-state index contributed by atoms with van der Waals surface area (Å²) in [5.74, 6) is 0.778. The molecular weight excluding hydrogens is 616 g/mol. The van der Waals surface area contributed by atoms with Crippen LogP contribution < -0.4 is 9.46 Å². The number of hydrogen-bond donors (Lipinski definition) is 1. The molecule has 2 bridgehead atoms. The molecule has 4 heterocycles. The Morgan fingerprint density at radius 2 is 1.70 bits per heavy atom. The molecule has 1 N–H and O–H groups in total. The number of amides is 2. The van der Waals surface area contributed by atoms with E-state index >= 15 is 0 Å². The number of carbonyl (C=O) groups excluding carboxylic acids is 3. The van der Waals surface area contributed by atoms with Gasteiger partial charge in [-0.25, -0.2) is 4.72 Å². The molecule has 4 atom stereocenters. The highest BCUT2D eigenvalue weighted by Crippen LogP contribution is 2.67. The number of hydrogen-bond acceptors (Lipinski definition) is 6. The molecule has 5 aliphatic rings. The number of piperidine rings is 1. The third-order valence-corrected chi connectivity index (χ3v) is 13.1. The number of methoxy groups -OCH3 is 1. The number of rotatable bonds is 6. The number of nitrogens with one attached hydrogen (secondary N) is 1. The molecule has 3 aromatic rings. The van der Waals surface area contributed by atoms with Crippen LogP contribution in [0, 0.1) is 5.41 Å². The zero-order chi connectivity index (χ0) is 32.8. The number of Topliss-reactive ketones (excluding diaryl/α,β-unsaturated/α-hetero) is 1. The Morgan fingerprint density at radius 3 is 2.38 bits per heavy atom. The molecule has 2 saturated heterocycles. The molecule has 4 fully saturated rings. The van der Waals surface area contributed by atoms with Gasteiger partial charge in [0.05, 0.1) is 18.2 Å². The van der Waals surface area contributed by atoms with Crippen LogP contribution in [0.3, 0.4) is 0 Å². The van der Waals surface area contributed by atoms with E-state index in [-0.39, 0.29) is 35.3 Å². The molecule has 8 rings (SSSR count). The van der Waals surface area contributed by atoms with Gasteiger partial charge < -0.3 is 14.2 Å². The third kappa shape index (κ3) is 4.75. The molecule has 11 heteroatoms. The van der Waals surface area contributed by atoms with Crippen molar-refractivity contribution in [3.05, 3.63) is 53.1 Å². The summed E-state index contributed by atoms with van der Waals surface area (Å²) in [5.41, 5.74) is 4.97. The van der Waals surface area contributed by atoms with Crippen LogP contribution in [0.1, 0.15) is 97.5 Å². The van der Waals surface area contributed by atoms with E-state index in [9.17, 15) is 22.8 Å². The number of benzene rings is 2. The molecule has 1 aromatic heterocycles. The minimum Gasteiger partial charge on any atom is -0.497 e. The molecular formula is C36H42N4O6S. The molecule has 2 aliphatic carbocycles. The highest BCUT2D eigenvalue weighted by atomic mass is 32.2. The minimum absolute atomic E-state index is 0.00278. The van der Waals surface area contributed by atoms with Crippen LogP contribution in [0.2, 0.25) is 0 Å². The van der Waals surface area contributed by atoms with Gasteiger partial charge in [-0.1, -0.05) is 25.3 Å². The Kier molecular flexibility index (Phi) is 7.11. The summed E-state index contributed by atoms with van der Waals surface area (Å²) in [4.78, 5) is 42.8. The van der Waals surface area contributed by atoms with Crippen LogP contribution in [0.25, 0.3) is 22.2 Å². The van der Waals surface area contributed by atoms with Crippen molar-refractivity contribution in [2.75, 3.05) is 21.2 Å². The van der Waals surface area contributed by atoms with Crippen molar-refractivity contribution in [2.24, 2.45) is 5.41 Å². The first-order valence-corrected chi connectivity index (χ1v) is 18.4. The van der Waals surface area contributed by atoms with Crippen molar-refractivity contribution < 1.29 is 27.5 Å². The number of ether oxygens (including phenoxy) is 1. The Bertz CT molecular complexity index is 1930. The maximum absolute atomic E-state index is 14.9. The lowest BCUT2D eigenvalue weighted by Crippen LogP contribution is -2.50. The van der Waals surface area contributed by atoms with Crippen molar-refractivity contribution in [3.63, 3.8) is 0 Å². The average Bonchev–Trinajstić information content (AvgIpc) is 3.64. The molecule has 2 aromatic carbocycles. The summed E-state index contributed by atoms with van der Waals surface area (Å²) in [6, 6.07) is 11.6. The van der Waals surface area contributed by atoms with Crippen LogP contribution in [0.15, 0.2) is 36.4 Å². The van der Waals surface area contributed by atoms with E-state index in [0.29, 0.717) is 31.7 Å². The second kappa shape index (κ2) is 10.9. The summed E-state index contributed by atoms with van der Waals surface area (Å²) in [7, 11) is 0.436. The second-order valence-electron chi connectivity index (χ2n) is 14.5. The van der Waals surface area contributed by atoms with Crippen molar-refractivity contribution in [1.82, 2.24) is 18.5 Å². The van der Waals surface area contributed by atoms with E-state index in [0.717, 1.165) is 76.3 Å². The van der Waals surface area contributed by atoms with Crippen LogP contribution in [-0.4, -0.2) is 73.1 Å². The fourth-order valence-corrected chi connectivity index (χ4v) is 9.78. The van der Waals surface area contributed by atoms with E-state index < -0.39 is 21.5 Å². The maximum Gasteiger partial charge on any atom is 0.303 e. The van der Waals surface area contributed by atoms with Gasteiger partial charge in [-0.3, -0.25) is 14.4 Å². The average molecular weight is 659 g/mol. The van der Waals surface area contributed by atoms with Gasteiger partial charge >= 0.3 is 10.2 Å². The first-order chi connectivity index (χ1) is 22.5. The first-order valence-electron chi connectivity index (χ1n) is 17.0. The lowest BCUT2D eigenvalue weighted by atomic mass is 9.81. The van der Waals surface area contributed by atoms with E-state index in [1.54, 1.807) is 19.2 Å². The molecule has 2 saturated carbocycles. The standard InChI is InChI=1S/C36H42N4O6S/c1-38(2)47(44,45)37-34(42)22-9-13-28-31(15-22)39-20-36(35(43)40-23-10-11-24(40)17-25(41)16-23)19-30(36)29-18-26(46-3)12-14-27(29)33(39)32(28)21-7-5-4-6-8-21/h9,12-15,18,21,23-24,30H,4-8,10-11,16-17,19-20H2,1-3H3,(H,37,42). The molecule has 2 amide bonds. The van der Waals surface area contributed by atoms with Crippen molar-refractivity contribution in [2.45, 2.75) is 94.7 Å². The molecule has 0 spiro atoms. The van der Waals surface area contributed by atoms with Crippen LogP contribution in [-0.2, 0) is 26.3 Å². The van der Waals surface area contributed by atoms with E-state index in [1.807, 2.05) is 12.1 Å². The molecule has 47 heavy (non-hydrogen) atoms.